The third-order valence-electron chi connectivity index (χ3n) is 4.85. The van der Waals surface area contributed by atoms with Gasteiger partial charge >= 0.3 is 0 Å². The molecule has 3 rings (SSSR count). The van der Waals surface area contributed by atoms with Crippen molar-refractivity contribution < 1.29 is 9.84 Å². The quantitative estimate of drug-likeness (QED) is 0.900. The number of aliphatic hydroxyl groups is 1. The van der Waals surface area contributed by atoms with Gasteiger partial charge in [0.05, 0.1) is 18.4 Å². The van der Waals surface area contributed by atoms with Crippen molar-refractivity contribution in [1.29, 1.82) is 0 Å². The Morgan fingerprint density at radius 2 is 2.17 bits per heavy atom. The molecule has 1 fully saturated rings. The number of allylic oxidation sites excluding steroid dienone is 1. The molecule has 4 heteroatoms. The third-order valence-corrected chi connectivity index (χ3v) is 4.85. The molecule has 1 aliphatic carbocycles. The molecule has 126 valence electrons. The van der Waals surface area contributed by atoms with E-state index in [0.29, 0.717) is 12.0 Å². The van der Waals surface area contributed by atoms with Gasteiger partial charge in [0.15, 0.2) is 0 Å². The van der Waals surface area contributed by atoms with Crippen molar-refractivity contribution in [2.75, 3.05) is 11.5 Å². The lowest BCUT2D eigenvalue weighted by atomic mass is 9.75. The number of fused-ring (bicyclic) bond motifs is 1. The molecule has 0 atom stereocenters. The van der Waals surface area contributed by atoms with E-state index in [4.69, 9.17) is 4.74 Å². The first kappa shape index (κ1) is 16.3. The summed E-state index contributed by atoms with van der Waals surface area (Å²) in [5.41, 5.74) is 1.80. The SMILES string of the molecule is C=C1CCc2cc(OCCC(C)C)cnc2N1[C@H]1C[C@@](C)(O)C1. The molecular formula is C19H28N2O2. The first-order chi connectivity index (χ1) is 10.9. The number of nitrogens with zero attached hydrogens (tertiary/aromatic N) is 2. The van der Waals surface area contributed by atoms with Crippen molar-refractivity contribution in [2.24, 2.45) is 5.92 Å². The molecule has 1 saturated carbocycles. The highest BCUT2D eigenvalue weighted by molar-refractivity contribution is 5.58. The van der Waals surface area contributed by atoms with Crippen LogP contribution in [0.15, 0.2) is 24.5 Å². The van der Waals surface area contributed by atoms with Crippen LogP contribution in [0.1, 0.15) is 52.0 Å². The zero-order valence-electron chi connectivity index (χ0n) is 14.5. The highest BCUT2D eigenvalue weighted by Gasteiger charge is 2.44. The summed E-state index contributed by atoms with van der Waals surface area (Å²) in [7, 11) is 0. The van der Waals surface area contributed by atoms with Crippen LogP contribution in [0.2, 0.25) is 0 Å². The van der Waals surface area contributed by atoms with Gasteiger partial charge in [0, 0.05) is 11.7 Å². The highest BCUT2D eigenvalue weighted by atomic mass is 16.5. The van der Waals surface area contributed by atoms with Gasteiger partial charge in [-0.1, -0.05) is 20.4 Å². The van der Waals surface area contributed by atoms with Gasteiger partial charge in [-0.15, -0.1) is 0 Å². The minimum absolute atomic E-state index is 0.316. The van der Waals surface area contributed by atoms with Crippen LogP contribution >= 0.6 is 0 Å². The summed E-state index contributed by atoms with van der Waals surface area (Å²) in [5, 5.41) is 10.0. The zero-order chi connectivity index (χ0) is 16.6. The van der Waals surface area contributed by atoms with Gasteiger partial charge in [-0.25, -0.2) is 4.98 Å². The minimum Gasteiger partial charge on any atom is -0.492 e. The number of ether oxygens (including phenoxy) is 1. The predicted molar refractivity (Wildman–Crippen MR) is 92.8 cm³/mol. The Morgan fingerprint density at radius 3 is 2.83 bits per heavy atom. The van der Waals surface area contributed by atoms with Gasteiger partial charge < -0.3 is 14.7 Å². The van der Waals surface area contributed by atoms with Crippen LogP contribution in [-0.4, -0.2) is 28.3 Å². The van der Waals surface area contributed by atoms with Crippen LogP contribution in [0.5, 0.6) is 5.75 Å². The number of anilines is 1. The Hall–Kier alpha value is -1.55. The fraction of sp³-hybridized carbons (Fsp3) is 0.632. The Labute approximate surface area is 139 Å². The molecule has 4 nitrogen and oxygen atoms in total. The fourth-order valence-corrected chi connectivity index (χ4v) is 3.49. The van der Waals surface area contributed by atoms with Crippen molar-refractivity contribution in [3.8, 4) is 5.75 Å². The summed E-state index contributed by atoms with van der Waals surface area (Å²) in [5.74, 6) is 2.50. The smallest absolute Gasteiger partial charge is 0.138 e. The molecule has 0 radical (unpaired) electrons. The second-order valence-electron chi connectivity index (χ2n) is 7.68. The largest absolute Gasteiger partial charge is 0.492 e. The van der Waals surface area contributed by atoms with Crippen molar-refractivity contribution >= 4 is 5.82 Å². The van der Waals surface area contributed by atoms with E-state index in [1.54, 1.807) is 0 Å². The first-order valence-electron chi connectivity index (χ1n) is 8.67. The number of hydrogen-bond donors (Lipinski definition) is 1. The summed E-state index contributed by atoms with van der Waals surface area (Å²) in [4.78, 5) is 6.89. The molecule has 0 unspecified atom stereocenters. The van der Waals surface area contributed by atoms with Crippen LogP contribution in [0.4, 0.5) is 5.82 Å². The lowest BCUT2D eigenvalue weighted by molar-refractivity contribution is -0.0298. The molecule has 1 N–H and O–H groups in total. The van der Waals surface area contributed by atoms with E-state index in [2.05, 4.69) is 36.4 Å². The maximum atomic E-state index is 10.0. The molecule has 1 aromatic heterocycles. The Kier molecular flexibility index (Phi) is 4.37. The van der Waals surface area contributed by atoms with E-state index in [-0.39, 0.29) is 0 Å². The van der Waals surface area contributed by atoms with Crippen LogP contribution in [0.25, 0.3) is 0 Å². The molecule has 0 amide bonds. The van der Waals surface area contributed by atoms with Gasteiger partial charge in [0.25, 0.3) is 0 Å². The molecule has 23 heavy (non-hydrogen) atoms. The molecule has 0 spiro atoms. The van der Waals surface area contributed by atoms with Gasteiger partial charge in [0.2, 0.25) is 0 Å². The second kappa shape index (κ2) is 6.16. The normalized spacial score (nSPS) is 26.9. The predicted octanol–water partition coefficient (Wildman–Crippen LogP) is 3.69. The average molecular weight is 316 g/mol. The summed E-state index contributed by atoms with van der Waals surface area (Å²) in [6.45, 7) is 11.2. The summed E-state index contributed by atoms with van der Waals surface area (Å²) in [6.07, 6.45) is 6.34. The van der Waals surface area contributed by atoms with Crippen molar-refractivity contribution in [1.82, 2.24) is 4.98 Å². The van der Waals surface area contributed by atoms with Crippen molar-refractivity contribution in [3.63, 3.8) is 0 Å². The summed E-state index contributed by atoms with van der Waals surface area (Å²) < 4.78 is 5.84. The van der Waals surface area contributed by atoms with Crippen molar-refractivity contribution in [3.05, 3.63) is 30.1 Å². The Bertz CT molecular complexity index is 587. The molecule has 0 saturated heterocycles. The van der Waals surface area contributed by atoms with E-state index in [1.807, 2.05) is 13.1 Å². The van der Waals surface area contributed by atoms with E-state index in [1.165, 1.54) is 5.56 Å². The van der Waals surface area contributed by atoms with E-state index in [0.717, 1.165) is 56.0 Å². The van der Waals surface area contributed by atoms with E-state index >= 15 is 0 Å². The number of aryl methyl sites for hydroxylation is 1. The van der Waals surface area contributed by atoms with Crippen molar-refractivity contribution in [2.45, 2.75) is 64.5 Å². The fourth-order valence-electron chi connectivity index (χ4n) is 3.49. The number of hydrogen-bond acceptors (Lipinski definition) is 4. The Morgan fingerprint density at radius 1 is 1.43 bits per heavy atom. The molecule has 2 heterocycles. The number of pyridine rings is 1. The standard InChI is InChI=1S/C19H28N2O2/c1-13(2)7-8-23-17-9-15-6-5-14(3)21(18(15)20-12-17)16-10-19(4,22)11-16/h9,12-13,16,22H,3,5-8,10-11H2,1-2,4H3/t16-,19+. The minimum atomic E-state index is -0.539. The topological polar surface area (TPSA) is 45.6 Å². The summed E-state index contributed by atoms with van der Waals surface area (Å²) in [6, 6.07) is 2.44. The van der Waals surface area contributed by atoms with Gasteiger partial charge in [-0.05, 0) is 56.6 Å². The monoisotopic (exact) mass is 316 g/mol. The highest BCUT2D eigenvalue weighted by Crippen LogP contribution is 2.42. The molecule has 2 aliphatic rings. The number of aromatic nitrogens is 1. The van der Waals surface area contributed by atoms with Crippen LogP contribution < -0.4 is 9.64 Å². The van der Waals surface area contributed by atoms with Crippen LogP contribution in [0, 0.1) is 5.92 Å². The maximum Gasteiger partial charge on any atom is 0.138 e. The number of rotatable bonds is 5. The average Bonchev–Trinajstić information content (AvgIpc) is 2.44. The maximum absolute atomic E-state index is 10.0. The lowest BCUT2D eigenvalue weighted by Crippen LogP contribution is -2.54. The molecular weight excluding hydrogens is 288 g/mol. The Balaban J connectivity index is 1.73. The van der Waals surface area contributed by atoms with Crippen LogP contribution in [-0.2, 0) is 6.42 Å². The van der Waals surface area contributed by atoms with Gasteiger partial charge in [-0.2, -0.15) is 0 Å². The molecule has 1 aliphatic heterocycles. The second-order valence-corrected chi connectivity index (χ2v) is 7.68. The van der Waals surface area contributed by atoms with Gasteiger partial charge in [0.1, 0.15) is 11.6 Å². The molecule has 0 bridgehead atoms. The van der Waals surface area contributed by atoms with E-state index < -0.39 is 5.60 Å². The van der Waals surface area contributed by atoms with E-state index in [9.17, 15) is 5.11 Å². The first-order valence-corrected chi connectivity index (χ1v) is 8.67. The van der Waals surface area contributed by atoms with Gasteiger partial charge in [-0.3, -0.25) is 0 Å². The van der Waals surface area contributed by atoms with Crippen LogP contribution in [0.3, 0.4) is 0 Å². The third kappa shape index (κ3) is 3.52. The summed E-state index contributed by atoms with van der Waals surface area (Å²) >= 11 is 0. The molecule has 1 aromatic rings. The lowest BCUT2D eigenvalue weighted by Gasteiger charge is -2.49. The molecule has 0 aromatic carbocycles. The zero-order valence-corrected chi connectivity index (χ0v) is 14.5.